The molecule has 0 unspecified atom stereocenters. The fourth-order valence-corrected chi connectivity index (χ4v) is 0.767. The van der Waals surface area contributed by atoms with Crippen LogP contribution in [0.3, 0.4) is 0 Å². The largest absolute Gasteiger partial charge is 0.297 e. The van der Waals surface area contributed by atoms with E-state index in [0.29, 0.717) is 6.07 Å². The van der Waals surface area contributed by atoms with Gasteiger partial charge in [0, 0.05) is 0 Å². The molecule has 0 aliphatic carbocycles. The van der Waals surface area contributed by atoms with Gasteiger partial charge in [-0.3, -0.25) is 9.78 Å². The number of halogens is 3. The smallest absolute Gasteiger partial charge is 0.269 e. The van der Waals surface area contributed by atoms with Crippen LogP contribution < -0.4 is 5.56 Å². The second kappa shape index (κ2) is 3.31. The van der Waals surface area contributed by atoms with Crippen LogP contribution >= 0.6 is 0 Å². The summed E-state index contributed by atoms with van der Waals surface area (Å²) in [6, 6.07) is 1.88. The molecule has 13 heavy (non-hydrogen) atoms. The third kappa shape index (κ3) is 1.69. The monoisotopic (exact) mass is 188 g/mol. The summed E-state index contributed by atoms with van der Waals surface area (Å²) in [5, 5.41) is 8.26. The summed E-state index contributed by atoms with van der Waals surface area (Å²) in [5.41, 5.74) is -2.72. The second-order valence-electron chi connectivity index (χ2n) is 2.19. The topological polar surface area (TPSA) is 56.6 Å². The van der Waals surface area contributed by atoms with Gasteiger partial charge in [0.25, 0.3) is 12.0 Å². The summed E-state index contributed by atoms with van der Waals surface area (Å²) in [6.07, 6.45) is -3.02. The molecule has 6 heteroatoms. The van der Waals surface area contributed by atoms with Gasteiger partial charge in [0.05, 0.1) is 5.56 Å². The lowest BCUT2D eigenvalue weighted by Crippen LogP contribution is -2.15. The van der Waals surface area contributed by atoms with Crippen molar-refractivity contribution in [1.82, 2.24) is 4.98 Å². The minimum atomic E-state index is -3.02. The van der Waals surface area contributed by atoms with Gasteiger partial charge in [0.2, 0.25) is 5.95 Å². The molecule has 1 aromatic heterocycles. The van der Waals surface area contributed by atoms with Crippen molar-refractivity contribution >= 4 is 0 Å². The summed E-state index contributed by atoms with van der Waals surface area (Å²) in [7, 11) is 0. The van der Waals surface area contributed by atoms with Crippen molar-refractivity contribution in [2.45, 2.75) is 6.43 Å². The van der Waals surface area contributed by atoms with Gasteiger partial charge in [-0.25, -0.2) is 8.78 Å². The minimum absolute atomic E-state index is 0.541. The number of nitrogens with one attached hydrogen (secondary N) is 1. The minimum Gasteiger partial charge on any atom is -0.297 e. The summed E-state index contributed by atoms with van der Waals surface area (Å²) in [6.45, 7) is 0. The van der Waals surface area contributed by atoms with Crippen LogP contribution in [0.5, 0.6) is 0 Å². The summed E-state index contributed by atoms with van der Waals surface area (Å²) >= 11 is 0. The predicted molar refractivity (Wildman–Crippen MR) is 36.7 cm³/mol. The quantitative estimate of drug-likeness (QED) is 0.675. The van der Waals surface area contributed by atoms with Crippen LogP contribution in [-0.2, 0) is 0 Å². The molecule has 0 radical (unpaired) electrons. The lowest BCUT2D eigenvalue weighted by atomic mass is 10.2. The number of H-pyrrole nitrogens is 1. The Kier molecular flexibility index (Phi) is 2.37. The molecule has 0 fully saturated rings. The highest BCUT2D eigenvalue weighted by molar-refractivity contribution is 5.30. The molecule has 0 aliphatic rings. The number of aromatic nitrogens is 1. The number of hydrogen-bond donors (Lipinski definition) is 1. The zero-order chi connectivity index (χ0) is 10.0. The SMILES string of the molecule is N#Cc1cc(C(F)F)c(=O)[nH]c1F. The van der Waals surface area contributed by atoms with E-state index in [0.717, 1.165) is 0 Å². The molecular weight excluding hydrogens is 185 g/mol. The van der Waals surface area contributed by atoms with E-state index in [1.807, 2.05) is 0 Å². The fourth-order valence-electron chi connectivity index (χ4n) is 0.767. The number of hydrogen-bond acceptors (Lipinski definition) is 2. The van der Waals surface area contributed by atoms with Crippen molar-refractivity contribution in [3.63, 3.8) is 0 Å². The lowest BCUT2D eigenvalue weighted by Gasteiger charge is -1.98. The van der Waals surface area contributed by atoms with E-state index in [9.17, 15) is 18.0 Å². The maximum absolute atomic E-state index is 12.6. The van der Waals surface area contributed by atoms with Gasteiger partial charge in [-0.1, -0.05) is 0 Å². The Morgan fingerprint density at radius 2 is 2.15 bits per heavy atom. The van der Waals surface area contributed by atoms with Crippen LogP contribution in [0, 0.1) is 17.3 Å². The Morgan fingerprint density at radius 3 is 2.62 bits per heavy atom. The normalized spacial score (nSPS) is 10.1. The highest BCUT2D eigenvalue weighted by atomic mass is 19.3. The van der Waals surface area contributed by atoms with Gasteiger partial charge in [-0.05, 0) is 6.07 Å². The molecule has 0 spiro atoms. The van der Waals surface area contributed by atoms with Crippen molar-refractivity contribution in [1.29, 1.82) is 5.26 Å². The summed E-state index contributed by atoms with van der Waals surface area (Å²) < 4.78 is 36.6. The number of nitriles is 1. The molecule has 0 aliphatic heterocycles. The van der Waals surface area contributed by atoms with E-state index < -0.39 is 29.1 Å². The van der Waals surface area contributed by atoms with Gasteiger partial charge in [-0.15, -0.1) is 0 Å². The summed E-state index contributed by atoms with van der Waals surface area (Å²) in [5.74, 6) is -1.20. The predicted octanol–water partition coefficient (Wildman–Crippen LogP) is 1.32. The lowest BCUT2D eigenvalue weighted by molar-refractivity contribution is 0.149. The van der Waals surface area contributed by atoms with Crippen molar-refractivity contribution in [2.75, 3.05) is 0 Å². The van der Waals surface area contributed by atoms with Crippen LogP contribution in [0.2, 0.25) is 0 Å². The highest BCUT2D eigenvalue weighted by Crippen LogP contribution is 2.15. The number of rotatable bonds is 1. The number of alkyl halides is 2. The Balaban J connectivity index is 3.42. The molecule has 0 atom stereocenters. The highest BCUT2D eigenvalue weighted by Gasteiger charge is 2.15. The van der Waals surface area contributed by atoms with E-state index >= 15 is 0 Å². The zero-order valence-corrected chi connectivity index (χ0v) is 6.14. The molecule has 3 nitrogen and oxygen atoms in total. The van der Waals surface area contributed by atoms with Crippen LogP contribution in [0.1, 0.15) is 17.6 Å². The Hall–Kier alpha value is -1.77. The van der Waals surface area contributed by atoms with Gasteiger partial charge in [-0.2, -0.15) is 9.65 Å². The Morgan fingerprint density at radius 1 is 1.54 bits per heavy atom. The van der Waals surface area contributed by atoms with Crippen molar-refractivity contribution in [3.05, 3.63) is 33.5 Å². The van der Waals surface area contributed by atoms with E-state index in [2.05, 4.69) is 0 Å². The van der Waals surface area contributed by atoms with Crippen LogP contribution in [0.25, 0.3) is 0 Å². The van der Waals surface area contributed by atoms with E-state index in [1.165, 1.54) is 11.1 Å². The van der Waals surface area contributed by atoms with Gasteiger partial charge in [0.1, 0.15) is 11.6 Å². The molecule has 0 saturated heterocycles. The Bertz CT molecular complexity index is 419. The first-order valence-corrected chi connectivity index (χ1v) is 3.17. The van der Waals surface area contributed by atoms with E-state index in [-0.39, 0.29) is 0 Å². The van der Waals surface area contributed by atoms with Crippen molar-refractivity contribution in [2.24, 2.45) is 0 Å². The zero-order valence-electron chi connectivity index (χ0n) is 6.14. The molecule has 0 amide bonds. The number of aromatic amines is 1. The number of nitrogens with zero attached hydrogens (tertiary/aromatic N) is 1. The molecule has 1 aromatic rings. The maximum atomic E-state index is 12.6. The van der Waals surface area contributed by atoms with Crippen LogP contribution in [0.15, 0.2) is 10.9 Å². The molecular formula is C7H3F3N2O. The average Bonchev–Trinajstić information content (AvgIpc) is 2.03. The van der Waals surface area contributed by atoms with Crippen molar-refractivity contribution in [3.8, 4) is 6.07 Å². The summed E-state index contributed by atoms with van der Waals surface area (Å²) in [4.78, 5) is 12.2. The fraction of sp³-hybridized carbons (Fsp3) is 0.143. The number of pyridine rings is 1. The first-order chi connectivity index (χ1) is 6.06. The third-order valence-electron chi connectivity index (χ3n) is 1.38. The second-order valence-corrected chi connectivity index (χ2v) is 2.19. The molecule has 1 rings (SSSR count). The molecule has 68 valence electrons. The third-order valence-corrected chi connectivity index (χ3v) is 1.38. The average molecular weight is 188 g/mol. The van der Waals surface area contributed by atoms with E-state index in [4.69, 9.17) is 5.26 Å². The van der Waals surface area contributed by atoms with Crippen LogP contribution in [-0.4, -0.2) is 4.98 Å². The standard InChI is InChI=1S/C7H3F3N2O/c8-5(9)4-1-3(2-11)6(10)12-7(4)13/h1,5H,(H,12,13). The maximum Gasteiger partial charge on any atom is 0.269 e. The molecule has 0 bridgehead atoms. The van der Waals surface area contributed by atoms with Crippen molar-refractivity contribution < 1.29 is 13.2 Å². The van der Waals surface area contributed by atoms with Crippen LogP contribution in [0.4, 0.5) is 13.2 Å². The van der Waals surface area contributed by atoms with E-state index in [1.54, 1.807) is 0 Å². The van der Waals surface area contributed by atoms with Gasteiger partial charge < -0.3 is 0 Å². The van der Waals surface area contributed by atoms with Gasteiger partial charge in [0.15, 0.2) is 0 Å². The Labute approximate surface area is 70.4 Å². The first-order valence-electron chi connectivity index (χ1n) is 3.17. The molecule has 0 aromatic carbocycles. The molecule has 1 N–H and O–H groups in total. The first kappa shape index (κ1) is 9.32. The molecule has 0 saturated carbocycles. The van der Waals surface area contributed by atoms with Gasteiger partial charge >= 0.3 is 0 Å². The molecule has 1 heterocycles.